The smallest absolute Gasteiger partial charge is 0.227 e. The summed E-state index contributed by atoms with van der Waals surface area (Å²) in [5.74, 6) is 0.120. The quantitative estimate of drug-likeness (QED) is 0.810. The van der Waals surface area contributed by atoms with Gasteiger partial charge in [-0.15, -0.1) is 0 Å². The van der Waals surface area contributed by atoms with Crippen molar-refractivity contribution in [3.8, 4) is 0 Å². The lowest BCUT2D eigenvalue weighted by molar-refractivity contribution is -0.139. The van der Waals surface area contributed by atoms with Crippen molar-refractivity contribution in [2.24, 2.45) is 0 Å². The maximum Gasteiger partial charge on any atom is 0.227 e. The van der Waals surface area contributed by atoms with Crippen LogP contribution in [0.3, 0.4) is 0 Å². The highest BCUT2D eigenvalue weighted by molar-refractivity contribution is 7.90. The number of carbonyl (C=O) groups excluding carboxylic acids is 2. The van der Waals surface area contributed by atoms with Gasteiger partial charge < -0.3 is 9.80 Å². The molecule has 126 valence electrons. The number of rotatable bonds is 4. The highest BCUT2D eigenvalue weighted by Gasteiger charge is 2.23. The Labute approximate surface area is 137 Å². The molecule has 6 nitrogen and oxygen atoms in total. The summed E-state index contributed by atoms with van der Waals surface area (Å²) in [6, 6.07) is 6.39. The number of benzene rings is 1. The number of piperazine rings is 1. The van der Waals surface area contributed by atoms with Gasteiger partial charge in [0.05, 0.1) is 11.3 Å². The molecule has 0 aromatic heterocycles. The molecule has 0 saturated carbocycles. The van der Waals surface area contributed by atoms with Crippen LogP contribution in [0.1, 0.15) is 18.9 Å². The Morgan fingerprint density at radius 2 is 1.43 bits per heavy atom. The lowest BCUT2D eigenvalue weighted by atomic mass is 10.1. The largest absolute Gasteiger partial charge is 0.339 e. The van der Waals surface area contributed by atoms with Crippen LogP contribution in [-0.2, 0) is 25.8 Å². The van der Waals surface area contributed by atoms with Gasteiger partial charge in [0.15, 0.2) is 9.84 Å². The highest BCUT2D eigenvalue weighted by Crippen LogP contribution is 2.12. The van der Waals surface area contributed by atoms with E-state index in [0.29, 0.717) is 32.6 Å². The van der Waals surface area contributed by atoms with Crippen molar-refractivity contribution in [3.05, 3.63) is 29.8 Å². The molecule has 0 radical (unpaired) electrons. The molecule has 1 aromatic carbocycles. The number of nitrogens with zero attached hydrogens (tertiary/aromatic N) is 2. The van der Waals surface area contributed by atoms with E-state index in [0.717, 1.165) is 11.8 Å². The van der Waals surface area contributed by atoms with Crippen molar-refractivity contribution in [1.29, 1.82) is 0 Å². The zero-order valence-corrected chi connectivity index (χ0v) is 14.3. The monoisotopic (exact) mass is 338 g/mol. The lowest BCUT2D eigenvalue weighted by Crippen LogP contribution is -2.50. The van der Waals surface area contributed by atoms with Gasteiger partial charge in [-0.2, -0.15) is 0 Å². The Hall–Kier alpha value is -1.89. The zero-order chi connectivity index (χ0) is 17.0. The van der Waals surface area contributed by atoms with Gasteiger partial charge in [-0.3, -0.25) is 9.59 Å². The molecule has 0 N–H and O–H groups in total. The average molecular weight is 338 g/mol. The standard InChI is InChI=1S/C16H22N2O4S/c1-3-15(19)17-8-10-18(11-9-17)16(20)12-13-4-6-14(7-5-13)23(2,21)22/h4-7H,3,8-12H2,1-2H3. The molecule has 2 rings (SSSR count). The van der Waals surface area contributed by atoms with E-state index in [1.165, 1.54) is 12.1 Å². The van der Waals surface area contributed by atoms with Gasteiger partial charge in [0.1, 0.15) is 0 Å². The van der Waals surface area contributed by atoms with Gasteiger partial charge in [0.25, 0.3) is 0 Å². The fourth-order valence-corrected chi connectivity index (χ4v) is 3.20. The number of hydrogen-bond donors (Lipinski definition) is 0. The molecule has 23 heavy (non-hydrogen) atoms. The van der Waals surface area contributed by atoms with E-state index in [-0.39, 0.29) is 23.1 Å². The Bertz CT molecular complexity index is 675. The van der Waals surface area contributed by atoms with Crippen molar-refractivity contribution in [1.82, 2.24) is 9.80 Å². The van der Waals surface area contributed by atoms with Gasteiger partial charge in [0, 0.05) is 38.9 Å². The van der Waals surface area contributed by atoms with Crippen molar-refractivity contribution < 1.29 is 18.0 Å². The van der Waals surface area contributed by atoms with E-state index >= 15 is 0 Å². The summed E-state index contributed by atoms with van der Waals surface area (Å²) in [6.45, 7) is 4.08. The van der Waals surface area contributed by atoms with Crippen LogP contribution in [0.15, 0.2) is 29.2 Å². The summed E-state index contributed by atoms with van der Waals surface area (Å²) in [5, 5.41) is 0. The average Bonchev–Trinajstić information content (AvgIpc) is 2.54. The minimum absolute atomic E-state index is 0.000651. The van der Waals surface area contributed by atoms with Gasteiger partial charge >= 0.3 is 0 Å². The van der Waals surface area contributed by atoms with Crippen LogP contribution in [-0.4, -0.2) is 62.5 Å². The maximum atomic E-state index is 12.3. The fourth-order valence-electron chi connectivity index (χ4n) is 2.57. The molecule has 1 fully saturated rings. The van der Waals surface area contributed by atoms with Crippen LogP contribution in [0.4, 0.5) is 0 Å². The van der Waals surface area contributed by atoms with E-state index in [1.807, 2.05) is 6.92 Å². The molecule has 1 saturated heterocycles. The topological polar surface area (TPSA) is 74.8 Å². The fraction of sp³-hybridized carbons (Fsp3) is 0.500. The second-order valence-corrected chi connectivity index (χ2v) is 7.72. The third-order valence-electron chi connectivity index (χ3n) is 3.99. The third-order valence-corrected chi connectivity index (χ3v) is 5.12. The lowest BCUT2D eigenvalue weighted by Gasteiger charge is -2.34. The Morgan fingerprint density at radius 1 is 0.957 bits per heavy atom. The van der Waals surface area contributed by atoms with Crippen molar-refractivity contribution in [2.45, 2.75) is 24.7 Å². The van der Waals surface area contributed by atoms with Crippen molar-refractivity contribution >= 4 is 21.7 Å². The molecule has 7 heteroatoms. The summed E-state index contributed by atoms with van der Waals surface area (Å²) in [5.41, 5.74) is 0.787. The van der Waals surface area contributed by atoms with E-state index in [4.69, 9.17) is 0 Å². The van der Waals surface area contributed by atoms with Crippen LogP contribution in [0.2, 0.25) is 0 Å². The Balaban J connectivity index is 1.92. The van der Waals surface area contributed by atoms with Crippen LogP contribution in [0.5, 0.6) is 0 Å². The molecule has 0 atom stereocenters. The molecular weight excluding hydrogens is 316 g/mol. The van der Waals surface area contributed by atoms with Crippen LogP contribution in [0.25, 0.3) is 0 Å². The SMILES string of the molecule is CCC(=O)N1CCN(C(=O)Cc2ccc(S(C)(=O)=O)cc2)CC1. The first-order valence-electron chi connectivity index (χ1n) is 7.66. The second kappa shape index (κ2) is 7.12. The molecule has 0 spiro atoms. The molecule has 1 aliphatic heterocycles. The molecule has 0 bridgehead atoms. The highest BCUT2D eigenvalue weighted by atomic mass is 32.2. The van der Waals surface area contributed by atoms with E-state index < -0.39 is 9.84 Å². The number of sulfone groups is 1. The van der Waals surface area contributed by atoms with Gasteiger partial charge in [-0.1, -0.05) is 19.1 Å². The predicted molar refractivity (Wildman–Crippen MR) is 86.7 cm³/mol. The zero-order valence-electron chi connectivity index (χ0n) is 13.5. The van der Waals surface area contributed by atoms with E-state index in [2.05, 4.69) is 0 Å². The minimum Gasteiger partial charge on any atom is -0.339 e. The van der Waals surface area contributed by atoms with E-state index in [1.54, 1.807) is 21.9 Å². The first-order valence-corrected chi connectivity index (χ1v) is 9.55. The third kappa shape index (κ3) is 4.54. The van der Waals surface area contributed by atoms with Gasteiger partial charge in [-0.25, -0.2) is 8.42 Å². The van der Waals surface area contributed by atoms with Crippen molar-refractivity contribution in [2.75, 3.05) is 32.4 Å². The summed E-state index contributed by atoms with van der Waals surface area (Å²) in [7, 11) is -3.22. The minimum atomic E-state index is -3.22. The van der Waals surface area contributed by atoms with Crippen LogP contribution >= 0.6 is 0 Å². The van der Waals surface area contributed by atoms with E-state index in [9.17, 15) is 18.0 Å². The van der Waals surface area contributed by atoms with Crippen LogP contribution < -0.4 is 0 Å². The first-order chi connectivity index (χ1) is 10.8. The van der Waals surface area contributed by atoms with Crippen LogP contribution in [0, 0.1) is 0 Å². The maximum absolute atomic E-state index is 12.3. The molecule has 0 aliphatic carbocycles. The molecule has 2 amide bonds. The van der Waals surface area contributed by atoms with Gasteiger partial charge in [0.2, 0.25) is 11.8 Å². The Morgan fingerprint density at radius 3 is 1.87 bits per heavy atom. The summed E-state index contributed by atoms with van der Waals surface area (Å²) in [6.07, 6.45) is 1.89. The summed E-state index contributed by atoms with van der Waals surface area (Å²) < 4.78 is 22.8. The number of hydrogen-bond acceptors (Lipinski definition) is 4. The van der Waals surface area contributed by atoms with Crippen molar-refractivity contribution in [3.63, 3.8) is 0 Å². The number of amides is 2. The Kier molecular flexibility index (Phi) is 5.41. The van der Waals surface area contributed by atoms with Gasteiger partial charge in [-0.05, 0) is 17.7 Å². The molecule has 1 heterocycles. The normalized spacial score (nSPS) is 15.6. The molecule has 1 aliphatic rings. The predicted octanol–water partition coefficient (Wildman–Crippen LogP) is 0.713. The summed E-state index contributed by atoms with van der Waals surface area (Å²) in [4.78, 5) is 27.7. The second-order valence-electron chi connectivity index (χ2n) is 5.71. The number of carbonyl (C=O) groups is 2. The molecule has 1 aromatic rings. The summed E-state index contributed by atoms with van der Waals surface area (Å²) >= 11 is 0. The molecular formula is C16H22N2O4S. The molecule has 0 unspecified atom stereocenters. The first kappa shape index (κ1) is 17.5.